The molecule has 1 aliphatic rings. The zero-order valence-electron chi connectivity index (χ0n) is 11.4. The van der Waals surface area contributed by atoms with Gasteiger partial charge in [-0.1, -0.05) is 18.2 Å². The van der Waals surface area contributed by atoms with Gasteiger partial charge in [-0.25, -0.2) is 13.1 Å². The van der Waals surface area contributed by atoms with Crippen LogP contribution in [0, 0.1) is 12.8 Å². The van der Waals surface area contributed by atoms with Gasteiger partial charge in [0.05, 0.1) is 4.90 Å². The zero-order chi connectivity index (χ0) is 13.7. The lowest BCUT2D eigenvalue weighted by molar-refractivity contribution is 0.354. The molecule has 1 heterocycles. The summed E-state index contributed by atoms with van der Waals surface area (Å²) in [7, 11) is -3.36. The van der Waals surface area contributed by atoms with Crippen molar-refractivity contribution in [3.8, 4) is 0 Å². The number of piperidine rings is 1. The largest absolute Gasteiger partial charge is 0.317 e. The van der Waals surface area contributed by atoms with Gasteiger partial charge in [0.25, 0.3) is 0 Å². The van der Waals surface area contributed by atoms with E-state index in [1.54, 1.807) is 12.1 Å². The fourth-order valence-electron chi connectivity index (χ4n) is 2.50. The Morgan fingerprint density at radius 1 is 1.26 bits per heavy atom. The van der Waals surface area contributed by atoms with Crippen molar-refractivity contribution < 1.29 is 8.42 Å². The number of hydrogen-bond acceptors (Lipinski definition) is 3. The number of rotatable bonds is 5. The number of sulfonamides is 1. The first-order valence-electron chi connectivity index (χ1n) is 6.85. The van der Waals surface area contributed by atoms with Crippen molar-refractivity contribution in [2.24, 2.45) is 5.92 Å². The van der Waals surface area contributed by atoms with Crippen molar-refractivity contribution in [2.45, 2.75) is 31.1 Å². The molecular formula is C14H22N2O2S. The van der Waals surface area contributed by atoms with E-state index >= 15 is 0 Å². The fraction of sp³-hybridized carbons (Fsp3) is 0.571. The fourth-order valence-corrected chi connectivity index (χ4v) is 3.80. The van der Waals surface area contributed by atoms with Crippen LogP contribution in [-0.4, -0.2) is 28.1 Å². The van der Waals surface area contributed by atoms with E-state index in [9.17, 15) is 8.42 Å². The highest BCUT2D eigenvalue weighted by Crippen LogP contribution is 2.17. The number of benzene rings is 1. The van der Waals surface area contributed by atoms with Crippen molar-refractivity contribution in [2.75, 3.05) is 19.6 Å². The first kappa shape index (κ1) is 14.5. The molecule has 0 bridgehead atoms. The average molecular weight is 282 g/mol. The monoisotopic (exact) mass is 282 g/mol. The highest BCUT2D eigenvalue weighted by atomic mass is 32.2. The Morgan fingerprint density at radius 3 is 2.63 bits per heavy atom. The first-order valence-corrected chi connectivity index (χ1v) is 8.34. The minimum atomic E-state index is -3.36. The molecular weight excluding hydrogens is 260 g/mol. The van der Waals surface area contributed by atoms with Gasteiger partial charge in [-0.05, 0) is 56.8 Å². The molecule has 5 heteroatoms. The predicted octanol–water partition coefficient (Wildman–Crippen LogP) is 1.66. The third-order valence-electron chi connectivity index (χ3n) is 3.69. The summed E-state index contributed by atoms with van der Waals surface area (Å²) in [5.41, 5.74) is 0.789. The summed E-state index contributed by atoms with van der Waals surface area (Å²) in [5, 5.41) is 3.32. The minimum absolute atomic E-state index is 0.389. The van der Waals surface area contributed by atoms with Crippen LogP contribution >= 0.6 is 0 Å². The SMILES string of the molecule is Cc1ccccc1S(=O)(=O)NCCC1CCNCC1. The maximum Gasteiger partial charge on any atom is 0.240 e. The maximum absolute atomic E-state index is 12.2. The van der Waals surface area contributed by atoms with Crippen LogP contribution in [0.3, 0.4) is 0 Å². The Labute approximate surface area is 115 Å². The van der Waals surface area contributed by atoms with E-state index in [2.05, 4.69) is 10.0 Å². The molecule has 0 amide bonds. The van der Waals surface area contributed by atoms with Gasteiger partial charge in [0, 0.05) is 6.54 Å². The molecule has 19 heavy (non-hydrogen) atoms. The van der Waals surface area contributed by atoms with Crippen LogP contribution in [0.15, 0.2) is 29.2 Å². The summed E-state index contributed by atoms with van der Waals surface area (Å²) in [6.45, 7) is 4.45. The second kappa shape index (κ2) is 6.50. The van der Waals surface area contributed by atoms with Crippen molar-refractivity contribution in [3.05, 3.63) is 29.8 Å². The molecule has 106 valence electrons. The van der Waals surface area contributed by atoms with Gasteiger partial charge in [0.2, 0.25) is 10.0 Å². The summed E-state index contributed by atoms with van der Waals surface area (Å²) < 4.78 is 27.1. The first-order chi connectivity index (χ1) is 9.09. The molecule has 2 N–H and O–H groups in total. The van der Waals surface area contributed by atoms with E-state index in [0.717, 1.165) is 37.9 Å². The molecule has 1 fully saturated rings. The van der Waals surface area contributed by atoms with Crippen LogP contribution in [0.4, 0.5) is 0 Å². The van der Waals surface area contributed by atoms with E-state index in [1.165, 1.54) is 0 Å². The Kier molecular flexibility index (Phi) is 4.96. The predicted molar refractivity (Wildman–Crippen MR) is 76.6 cm³/mol. The molecule has 0 atom stereocenters. The summed E-state index contributed by atoms with van der Waals surface area (Å²) >= 11 is 0. The molecule has 4 nitrogen and oxygen atoms in total. The molecule has 0 unspecified atom stereocenters. The van der Waals surface area contributed by atoms with E-state index < -0.39 is 10.0 Å². The van der Waals surface area contributed by atoms with Crippen molar-refractivity contribution in [3.63, 3.8) is 0 Å². The highest BCUT2D eigenvalue weighted by Gasteiger charge is 2.17. The molecule has 0 spiro atoms. The molecule has 1 aliphatic heterocycles. The molecule has 0 radical (unpaired) electrons. The van der Waals surface area contributed by atoms with Crippen molar-refractivity contribution in [1.82, 2.24) is 10.0 Å². The maximum atomic E-state index is 12.2. The molecule has 1 aromatic carbocycles. The Bertz CT molecular complexity index is 508. The lowest BCUT2D eigenvalue weighted by Gasteiger charge is -2.22. The minimum Gasteiger partial charge on any atom is -0.317 e. The quantitative estimate of drug-likeness (QED) is 0.863. The molecule has 1 saturated heterocycles. The topological polar surface area (TPSA) is 58.2 Å². The lowest BCUT2D eigenvalue weighted by atomic mass is 9.95. The lowest BCUT2D eigenvalue weighted by Crippen LogP contribution is -2.31. The Hall–Kier alpha value is -0.910. The van der Waals surface area contributed by atoms with E-state index in [-0.39, 0.29) is 0 Å². The van der Waals surface area contributed by atoms with Crippen LogP contribution in [0.5, 0.6) is 0 Å². The Morgan fingerprint density at radius 2 is 1.95 bits per heavy atom. The molecule has 2 rings (SSSR count). The van der Waals surface area contributed by atoms with Crippen molar-refractivity contribution >= 4 is 10.0 Å². The Balaban J connectivity index is 1.89. The standard InChI is InChI=1S/C14H22N2O2S/c1-12-4-2-3-5-14(12)19(17,18)16-11-8-13-6-9-15-10-7-13/h2-5,13,15-16H,6-11H2,1H3. The van der Waals surface area contributed by atoms with Gasteiger partial charge < -0.3 is 5.32 Å². The van der Waals surface area contributed by atoms with Gasteiger partial charge in [-0.3, -0.25) is 0 Å². The second-order valence-electron chi connectivity index (χ2n) is 5.15. The number of hydrogen-bond donors (Lipinski definition) is 2. The summed E-state index contributed by atoms with van der Waals surface area (Å²) in [4.78, 5) is 0.389. The third kappa shape index (κ3) is 4.03. The molecule has 0 aromatic heterocycles. The smallest absolute Gasteiger partial charge is 0.240 e. The van der Waals surface area contributed by atoms with Gasteiger partial charge in [-0.15, -0.1) is 0 Å². The van der Waals surface area contributed by atoms with Crippen LogP contribution < -0.4 is 10.0 Å². The normalized spacial score (nSPS) is 17.5. The molecule has 1 aromatic rings. The van der Waals surface area contributed by atoms with Gasteiger partial charge in [-0.2, -0.15) is 0 Å². The van der Waals surface area contributed by atoms with Crippen molar-refractivity contribution in [1.29, 1.82) is 0 Å². The van der Waals surface area contributed by atoms with Gasteiger partial charge >= 0.3 is 0 Å². The van der Waals surface area contributed by atoms with Crippen LogP contribution in [-0.2, 0) is 10.0 Å². The van der Waals surface area contributed by atoms with E-state index in [0.29, 0.717) is 17.4 Å². The third-order valence-corrected chi connectivity index (χ3v) is 5.31. The summed E-state index contributed by atoms with van der Waals surface area (Å²) in [6, 6.07) is 7.08. The number of nitrogens with one attached hydrogen (secondary N) is 2. The molecule has 0 saturated carbocycles. The summed E-state index contributed by atoms with van der Waals surface area (Å²) in [6.07, 6.45) is 3.21. The highest BCUT2D eigenvalue weighted by molar-refractivity contribution is 7.89. The average Bonchev–Trinajstić information content (AvgIpc) is 2.40. The van der Waals surface area contributed by atoms with Crippen LogP contribution in [0.25, 0.3) is 0 Å². The van der Waals surface area contributed by atoms with Gasteiger partial charge in [0.1, 0.15) is 0 Å². The number of aryl methyl sites for hydroxylation is 1. The van der Waals surface area contributed by atoms with E-state index in [4.69, 9.17) is 0 Å². The molecule has 0 aliphatic carbocycles. The second-order valence-corrected chi connectivity index (χ2v) is 6.88. The van der Waals surface area contributed by atoms with Gasteiger partial charge in [0.15, 0.2) is 0 Å². The van der Waals surface area contributed by atoms with Crippen LogP contribution in [0.2, 0.25) is 0 Å². The zero-order valence-corrected chi connectivity index (χ0v) is 12.2. The van der Waals surface area contributed by atoms with E-state index in [1.807, 2.05) is 19.1 Å². The summed E-state index contributed by atoms with van der Waals surface area (Å²) in [5.74, 6) is 0.640. The van der Waals surface area contributed by atoms with Crippen LogP contribution in [0.1, 0.15) is 24.8 Å².